The van der Waals surface area contributed by atoms with E-state index in [1.165, 1.54) is 51.4 Å². The van der Waals surface area contributed by atoms with Gasteiger partial charge in [0.25, 0.3) is 0 Å². The van der Waals surface area contributed by atoms with E-state index in [4.69, 9.17) is 10.7 Å². The second kappa shape index (κ2) is 7.31. The van der Waals surface area contributed by atoms with Crippen LogP contribution in [0.15, 0.2) is 6.33 Å². The molecule has 154 valence electrons. The molecule has 0 atom stereocenters. The largest absolute Gasteiger partial charge is 0.382 e. The molecule has 2 heterocycles. The van der Waals surface area contributed by atoms with Crippen LogP contribution in [0.5, 0.6) is 0 Å². The standard InChI is InChI=1S/C24H33N5/c1-3-4-5-6-9-29-15-26-21-22(25)27-20(28-23(21)29)7-8-24(2)18-11-16-10-17(13-18)14-19(24)12-16/h15-19H,3-6,9-14H2,1-2H3,(H2,25,27,28). The van der Waals surface area contributed by atoms with E-state index < -0.39 is 0 Å². The highest BCUT2D eigenvalue weighted by atomic mass is 15.1. The normalized spacial score (nSPS) is 32.5. The third-order valence-electron chi connectivity index (χ3n) is 8.02. The lowest BCUT2D eigenvalue weighted by Crippen LogP contribution is -2.50. The van der Waals surface area contributed by atoms with Gasteiger partial charge < -0.3 is 10.3 Å². The fourth-order valence-corrected chi connectivity index (χ4v) is 6.45. The first-order valence-corrected chi connectivity index (χ1v) is 11.6. The van der Waals surface area contributed by atoms with E-state index in [0.717, 1.165) is 42.3 Å². The molecule has 0 aromatic carbocycles. The van der Waals surface area contributed by atoms with Crippen LogP contribution in [0.1, 0.15) is 77.5 Å². The van der Waals surface area contributed by atoms with E-state index in [2.05, 4.69) is 40.2 Å². The molecule has 0 saturated heterocycles. The van der Waals surface area contributed by atoms with Gasteiger partial charge in [0.2, 0.25) is 5.82 Å². The Morgan fingerprint density at radius 2 is 1.79 bits per heavy atom. The Labute approximate surface area is 173 Å². The third-order valence-corrected chi connectivity index (χ3v) is 8.02. The highest BCUT2D eigenvalue weighted by molar-refractivity contribution is 5.81. The molecule has 2 aromatic rings. The molecular formula is C24H33N5. The van der Waals surface area contributed by atoms with E-state index in [0.29, 0.717) is 17.2 Å². The van der Waals surface area contributed by atoms with Crippen LogP contribution in [0.25, 0.3) is 11.2 Å². The van der Waals surface area contributed by atoms with Crippen LogP contribution in [0.2, 0.25) is 0 Å². The maximum absolute atomic E-state index is 6.21. The first-order valence-electron chi connectivity index (χ1n) is 11.6. The second-order valence-electron chi connectivity index (χ2n) is 9.94. The van der Waals surface area contributed by atoms with Gasteiger partial charge in [-0.25, -0.2) is 15.0 Å². The molecule has 4 saturated carbocycles. The predicted octanol–water partition coefficient (Wildman–Crippen LogP) is 4.80. The lowest BCUT2D eigenvalue weighted by atomic mass is 9.46. The van der Waals surface area contributed by atoms with Gasteiger partial charge in [-0.15, -0.1) is 0 Å². The molecule has 6 rings (SSSR count). The van der Waals surface area contributed by atoms with Gasteiger partial charge >= 0.3 is 0 Å². The van der Waals surface area contributed by atoms with E-state index in [9.17, 15) is 0 Å². The smallest absolute Gasteiger partial charge is 0.208 e. The number of fused-ring (bicyclic) bond motifs is 1. The molecule has 5 nitrogen and oxygen atoms in total. The molecule has 4 aliphatic rings. The second-order valence-corrected chi connectivity index (χ2v) is 9.94. The van der Waals surface area contributed by atoms with Crippen molar-refractivity contribution >= 4 is 17.0 Å². The molecule has 4 aliphatic carbocycles. The van der Waals surface area contributed by atoms with Crippen molar-refractivity contribution < 1.29 is 0 Å². The third kappa shape index (κ3) is 3.31. The molecule has 2 aromatic heterocycles. The highest BCUT2D eigenvalue weighted by Gasteiger charge is 2.54. The lowest BCUT2D eigenvalue weighted by molar-refractivity contribution is -0.0654. The molecule has 0 aliphatic heterocycles. The number of aromatic nitrogens is 4. The van der Waals surface area contributed by atoms with Crippen molar-refractivity contribution in [3.63, 3.8) is 0 Å². The summed E-state index contributed by atoms with van der Waals surface area (Å²) < 4.78 is 2.11. The molecule has 29 heavy (non-hydrogen) atoms. The summed E-state index contributed by atoms with van der Waals surface area (Å²) in [6.45, 7) is 5.55. The van der Waals surface area contributed by atoms with E-state index in [1.807, 2.05) is 6.33 Å². The Kier molecular flexibility index (Phi) is 4.76. The molecule has 2 N–H and O–H groups in total. The minimum absolute atomic E-state index is 0.112. The van der Waals surface area contributed by atoms with Gasteiger partial charge in [-0.1, -0.05) is 32.1 Å². The van der Waals surface area contributed by atoms with Crippen LogP contribution < -0.4 is 5.73 Å². The molecule has 0 radical (unpaired) electrons. The first kappa shape index (κ1) is 18.9. The number of nitrogens with two attached hydrogens (primary N) is 1. The van der Waals surface area contributed by atoms with Crippen LogP contribution in [-0.4, -0.2) is 19.5 Å². The zero-order chi connectivity index (χ0) is 20.0. The van der Waals surface area contributed by atoms with Crippen LogP contribution in [-0.2, 0) is 6.54 Å². The van der Waals surface area contributed by atoms with E-state index in [1.54, 1.807) is 0 Å². The van der Waals surface area contributed by atoms with Gasteiger partial charge in [0.15, 0.2) is 11.5 Å². The van der Waals surface area contributed by atoms with Crippen molar-refractivity contribution in [2.75, 3.05) is 5.73 Å². The molecule has 0 spiro atoms. The molecule has 4 fully saturated rings. The van der Waals surface area contributed by atoms with Crippen molar-refractivity contribution in [1.29, 1.82) is 0 Å². The minimum Gasteiger partial charge on any atom is -0.382 e. The summed E-state index contributed by atoms with van der Waals surface area (Å²) in [5.74, 6) is 11.4. The maximum Gasteiger partial charge on any atom is 0.208 e. The number of nitrogens with zero attached hydrogens (tertiary/aromatic N) is 4. The number of anilines is 1. The quantitative estimate of drug-likeness (QED) is 0.587. The Balaban J connectivity index is 1.41. The predicted molar refractivity (Wildman–Crippen MR) is 116 cm³/mol. The number of aryl methyl sites for hydroxylation is 1. The van der Waals surface area contributed by atoms with Crippen molar-refractivity contribution in [2.45, 2.75) is 78.2 Å². The van der Waals surface area contributed by atoms with Crippen LogP contribution in [0.4, 0.5) is 5.82 Å². The van der Waals surface area contributed by atoms with E-state index >= 15 is 0 Å². The van der Waals surface area contributed by atoms with Crippen LogP contribution in [0.3, 0.4) is 0 Å². The Hall–Kier alpha value is -2.09. The summed E-state index contributed by atoms with van der Waals surface area (Å²) in [6.07, 6.45) is 13.6. The average Bonchev–Trinajstić information content (AvgIpc) is 3.11. The number of rotatable bonds is 5. The van der Waals surface area contributed by atoms with Crippen molar-refractivity contribution in [3.05, 3.63) is 12.2 Å². The SMILES string of the molecule is CCCCCCn1cnc2c(N)nc(C#CC3(C)C4CC5CC(C4)CC3C5)nc21. The van der Waals surface area contributed by atoms with Crippen molar-refractivity contribution in [2.24, 2.45) is 29.1 Å². The molecule has 0 unspecified atom stereocenters. The molecule has 5 heteroatoms. The van der Waals surface area contributed by atoms with E-state index in [-0.39, 0.29) is 5.41 Å². The van der Waals surface area contributed by atoms with Gasteiger partial charge in [-0.05, 0) is 75.0 Å². The van der Waals surface area contributed by atoms with Gasteiger partial charge in [0.1, 0.15) is 5.52 Å². The summed E-state index contributed by atoms with van der Waals surface area (Å²) in [7, 11) is 0. The first-order chi connectivity index (χ1) is 14.1. The summed E-state index contributed by atoms with van der Waals surface area (Å²) in [5.41, 5.74) is 7.85. The molecular weight excluding hydrogens is 358 g/mol. The number of nitrogen functional groups attached to an aromatic ring is 1. The Morgan fingerprint density at radius 3 is 2.48 bits per heavy atom. The van der Waals surface area contributed by atoms with Crippen LogP contribution >= 0.6 is 0 Å². The zero-order valence-electron chi connectivity index (χ0n) is 17.8. The Bertz CT molecular complexity index is 935. The molecule has 4 bridgehead atoms. The summed E-state index contributed by atoms with van der Waals surface area (Å²) in [5, 5.41) is 0. The van der Waals surface area contributed by atoms with Crippen molar-refractivity contribution in [3.8, 4) is 11.8 Å². The van der Waals surface area contributed by atoms with Gasteiger partial charge in [0.05, 0.1) is 6.33 Å². The van der Waals surface area contributed by atoms with Gasteiger partial charge in [0, 0.05) is 12.0 Å². The van der Waals surface area contributed by atoms with Crippen LogP contribution in [0, 0.1) is 40.9 Å². The summed E-state index contributed by atoms with van der Waals surface area (Å²) in [4.78, 5) is 13.7. The lowest BCUT2D eigenvalue weighted by Gasteiger charge is -2.58. The van der Waals surface area contributed by atoms with Gasteiger partial charge in [-0.3, -0.25) is 0 Å². The molecule has 0 amide bonds. The topological polar surface area (TPSA) is 69.6 Å². The zero-order valence-corrected chi connectivity index (χ0v) is 17.8. The monoisotopic (exact) mass is 391 g/mol. The fraction of sp³-hybridized carbons (Fsp3) is 0.708. The average molecular weight is 392 g/mol. The van der Waals surface area contributed by atoms with Gasteiger partial charge in [-0.2, -0.15) is 0 Å². The number of unbranched alkanes of at least 4 members (excludes halogenated alkanes) is 3. The number of hydrogen-bond donors (Lipinski definition) is 1. The highest BCUT2D eigenvalue weighted by Crippen LogP contribution is 2.61. The fourth-order valence-electron chi connectivity index (χ4n) is 6.45. The minimum atomic E-state index is 0.112. The number of imidazole rings is 1. The maximum atomic E-state index is 6.21. The van der Waals surface area contributed by atoms with Crippen molar-refractivity contribution in [1.82, 2.24) is 19.5 Å². The number of hydrogen-bond acceptors (Lipinski definition) is 4. The Morgan fingerprint density at radius 1 is 1.07 bits per heavy atom. The summed E-state index contributed by atoms with van der Waals surface area (Å²) >= 11 is 0. The summed E-state index contributed by atoms with van der Waals surface area (Å²) in [6, 6.07) is 0.